The molecule has 90 valence electrons. The third-order valence-corrected chi connectivity index (χ3v) is 2.61. The molecule has 1 aliphatic rings. The number of methoxy groups -OCH3 is 1. The lowest BCUT2D eigenvalue weighted by Crippen LogP contribution is -2.41. The highest BCUT2D eigenvalue weighted by molar-refractivity contribution is 4.72. The summed E-state index contributed by atoms with van der Waals surface area (Å²) >= 11 is 0. The lowest BCUT2D eigenvalue weighted by molar-refractivity contribution is 0.0000407. The third-order valence-electron chi connectivity index (χ3n) is 2.61. The Hall–Kier alpha value is -0.160. The molecule has 0 radical (unpaired) electrons. The highest BCUT2D eigenvalue weighted by atomic mass is 16.5. The average Bonchev–Trinajstić information content (AvgIpc) is 2.28. The Morgan fingerprint density at radius 1 is 1.40 bits per heavy atom. The van der Waals surface area contributed by atoms with Gasteiger partial charge in [-0.15, -0.1) is 0 Å². The molecule has 1 aliphatic heterocycles. The standard InChI is InChI=1S/C11H23NO3/c1-3-15-11(9-13-2)8-12-10-4-6-14-7-5-10/h10-12H,3-9H2,1-2H3. The third kappa shape index (κ3) is 5.47. The van der Waals surface area contributed by atoms with Crippen molar-refractivity contribution in [3.8, 4) is 0 Å². The Morgan fingerprint density at radius 2 is 2.13 bits per heavy atom. The topological polar surface area (TPSA) is 39.7 Å². The molecular weight excluding hydrogens is 194 g/mol. The van der Waals surface area contributed by atoms with Crippen LogP contribution in [0.25, 0.3) is 0 Å². The fourth-order valence-electron chi connectivity index (χ4n) is 1.79. The molecule has 4 heteroatoms. The number of hydrogen-bond donors (Lipinski definition) is 1. The SMILES string of the molecule is CCOC(CNC1CCOCC1)COC. The minimum Gasteiger partial charge on any atom is -0.382 e. The van der Waals surface area contributed by atoms with Crippen molar-refractivity contribution in [1.82, 2.24) is 5.32 Å². The van der Waals surface area contributed by atoms with Crippen LogP contribution in [0, 0.1) is 0 Å². The number of nitrogens with one attached hydrogen (secondary N) is 1. The minimum absolute atomic E-state index is 0.169. The summed E-state index contributed by atoms with van der Waals surface area (Å²) in [4.78, 5) is 0. The molecule has 0 aliphatic carbocycles. The van der Waals surface area contributed by atoms with Crippen LogP contribution < -0.4 is 5.32 Å². The summed E-state index contributed by atoms with van der Waals surface area (Å²) in [6.07, 6.45) is 2.38. The van der Waals surface area contributed by atoms with E-state index in [2.05, 4.69) is 5.32 Å². The maximum Gasteiger partial charge on any atom is 0.0932 e. The van der Waals surface area contributed by atoms with Gasteiger partial charge in [-0.05, 0) is 19.8 Å². The Labute approximate surface area is 92.3 Å². The lowest BCUT2D eigenvalue weighted by Gasteiger charge is -2.25. The first kappa shape index (κ1) is 12.9. The fraction of sp³-hybridized carbons (Fsp3) is 1.00. The first-order valence-electron chi connectivity index (χ1n) is 5.78. The molecule has 1 fully saturated rings. The van der Waals surface area contributed by atoms with Gasteiger partial charge in [0.25, 0.3) is 0 Å². The van der Waals surface area contributed by atoms with E-state index in [0.29, 0.717) is 12.6 Å². The number of rotatable bonds is 7. The van der Waals surface area contributed by atoms with E-state index in [1.807, 2.05) is 6.92 Å². The molecule has 1 rings (SSSR count). The maximum absolute atomic E-state index is 5.55. The summed E-state index contributed by atoms with van der Waals surface area (Å²) in [5.74, 6) is 0. The van der Waals surface area contributed by atoms with Crippen LogP contribution in [-0.4, -0.2) is 52.2 Å². The quantitative estimate of drug-likeness (QED) is 0.685. The van der Waals surface area contributed by atoms with Crippen molar-refractivity contribution in [2.45, 2.75) is 31.9 Å². The van der Waals surface area contributed by atoms with Crippen molar-refractivity contribution < 1.29 is 14.2 Å². The molecule has 0 aromatic rings. The molecule has 1 N–H and O–H groups in total. The maximum atomic E-state index is 5.55. The van der Waals surface area contributed by atoms with Gasteiger partial charge in [0.05, 0.1) is 12.7 Å². The summed E-state index contributed by atoms with van der Waals surface area (Å²) < 4.78 is 16.0. The van der Waals surface area contributed by atoms with Crippen molar-refractivity contribution in [2.24, 2.45) is 0 Å². The van der Waals surface area contributed by atoms with E-state index in [0.717, 1.165) is 39.2 Å². The smallest absolute Gasteiger partial charge is 0.0932 e. The second kappa shape index (κ2) is 8.05. The van der Waals surface area contributed by atoms with Gasteiger partial charge in [-0.1, -0.05) is 0 Å². The molecule has 0 aromatic carbocycles. The molecule has 1 heterocycles. The minimum atomic E-state index is 0.169. The van der Waals surface area contributed by atoms with Gasteiger partial charge in [0, 0.05) is 39.5 Å². The Morgan fingerprint density at radius 3 is 2.73 bits per heavy atom. The molecule has 0 saturated carbocycles. The second-order valence-electron chi connectivity index (χ2n) is 3.83. The van der Waals surface area contributed by atoms with Crippen LogP contribution in [0.5, 0.6) is 0 Å². The normalized spacial score (nSPS) is 20.4. The fourth-order valence-corrected chi connectivity index (χ4v) is 1.79. The van der Waals surface area contributed by atoms with E-state index in [9.17, 15) is 0 Å². The summed E-state index contributed by atoms with van der Waals surface area (Å²) in [7, 11) is 1.71. The highest BCUT2D eigenvalue weighted by Gasteiger charge is 2.15. The predicted octanol–water partition coefficient (Wildman–Crippen LogP) is 0.806. The predicted molar refractivity (Wildman–Crippen MR) is 59.1 cm³/mol. The lowest BCUT2D eigenvalue weighted by atomic mass is 10.1. The van der Waals surface area contributed by atoms with E-state index in [-0.39, 0.29) is 6.10 Å². The second-order valence-corrected chi connectivity index (χ2v) is 3.83. The molecule has 0 bridgehead atoms. The van der Waals surface area contributed by atoms with Crippen molar-refractivity contribution in [3.63, 3.8) is 0 Å². The van der Waals surface area contributed by atoms with Crippen LogP contribution in [0.15, 0.2) is 0 Å². The summed E-state index contributed by atoms with van der Waals surface area (Å²) in [5, 5.41) is 3.51. The number of hydrogen-bond acceptors (Lipinski definition) is 4. The Bertz CT molecular complexity index is 143. The molecule has 15 heavy (non-hydrogen) atoms. The molecule has 1 unspecified atom stereocenters. The first-order chi connectivity index (χ1) is 7.36. The van der Waals surface area contributed by atoms with Gasteiger partial charge in [-0.2, -0.15) is 0 Å². The van der Waals surface area contributed by atoms with Gasteiger partial charge in [0.1, 0.15) is 0 Å². The molecule has 0 amide bonds. The Balaban J connectivity index is 2.13. The van der Waals surface area contributed by atoms with Crippen molar-refractivity contribution in [1.29, 1.82) is 0 Å². The highest BCUT2D eigenvalue weighted by Crippen LogP contribution is 2.06. The Kier molecular flexibility index (Phi) is 6.92. The van der Waals surface area contributed by atoms with Crippen molar-refractivity contribution in [2.75, 3.05) is 40.1 Å². The van der Waals surface area contributed by atoms with Crippen LogP contribution >= 0.6 is 0 Å². The monoisotopic (exact) mass is 217 g/mol. The average molecular weight is 217 g/mol. The molecule has 1 atom stereocenters. The van der Waals surface area contributed by atoms with E-state index >= 15 is 0 Å². The van der Waals surface area contributed by atoms with E-state index < -0.39 is 0 Å². The van der Waals surface area contributed by atoms with Crippen molar-refractivity contribution >= 4 is 0 Å². The summed E-state index contributed by atoms with van der Waals surface area (Å²) in [5.41, 5.74) is 0. The van der Waals surface area contributed by atoms with Crippen LogP contribution in [0.1, 0.15) is 19.8 Å². The summed E-state index contributed by atoms with van der Waals surface area (Å²) in [6, 6.07) is 0.582. The molecule has 0 aromatic heterocycles. The van der Waals surface area contributed by atoms with Gasteiger partial charge < -0.3 is 19.5 Å². The molecule has 0 spiro atoms. The largest absolute Gasteiger partial charge is 0.382 e. The molecule has 4 nitrogen and oxygen atoms in total. The van der Waals surface area contributed by atoms with Crippen LogP contribution in [-0.2, 0) is 14.2 Å². The van der Waals surface area contributed by atoms with E-state index in [1.54, 1.807) is 7.11 Å². The molecule has 1 saturated heterocycles. The van der Waals surface area contributed by atoms with Gasteiger partial charge >= 0.3 is 0 Å². The summed E-state index contributed by atoms with van der Waals surface area (Å²) in [6.45, 7) is 6.03. The van der Waals surface area contributed by atoms with Crippen molar-refractivity contribution in [3.05, 3.63) is 0 Å². The zero-order valence-electron chi connectivity index (χ0n) is 9.83. The van der Waals surface area contributed by atoms with E-state index in [1.165, 1.54) is 0 Å². The van der Waals surface area contributed by atoms with E-state index in [4.69, 9.17) is 14.2 Å². The zero-order chi connectivity index (χ0) is 10.9. The number of ether oxygens (including phenoxy) is 3. The van der Waals surface area contributed by atoms with Gasteiger partial charge in [0.2, 0.25) is 0 Å². The zero-order valence-corrected chi connectivity index (χ0v) is 9.83. The van der Waals surface area contributed by atoms with Gasteiger partial charge in [-0.3, -0.25) is 0 Å². The van der Waals surface area contributed by atoms with Crippen LogP contribution in [0.3, 0.4) is 0 Å². The van der Waals surface area contributed by atoms with Gasteiger partial charge in [-0.25, -0.2) is 0 Å². The first-order valence-corrected chi connectivity index (χ1v) is 5.78. The molecular formula is C11H23NO3. The van der Waals surface area contributed by atoms with Crippen LogP contribution in [0.4, 0.5) is 0 Å². The van der Waals surface area contributed by atoms with Crippen LogP contribution in [0.2, 0.25) is 0 Å². The van der Waals surface area contributed by atoms with Gasteiger partial charge in [0.15, 0.2) is 0 Å².